The van der Waals surface area contributed by atoms with Crippen molar-refractivity contribution in [3.63, 3.8) is 0 Å². The number of hydrogen-bond acceptors (Lipinski definition) is 2. The summed E-state index contributed by atoms with van der Waals surface area (Å²) in [5.41, 5.74) is 8.03. The minimum Gasteiger partial charge on any atom is -0.338 e. The summed E-state index contributed by atoms with van der Waals surface area (Å²) in [6, 6.07) is 8.29. The molecule has 16 heavy (non-hydrogen) atoms. The smallest absolute Gasteiger partial charge is 0.223 e. The zero-order valence-electron chi connectivity index (χ0n) is 9.65. The standard InChI is InChI=1S/C13H18N2O/c1-10-3-2-4-11(5-10)8-15-9-12(7-14)6-13(15)16/h2-5,12H,6-9,14H2,1H3/t12-/m0/s1. The van der Waals surface area contributed by atoms with Gasteiger partial charge in [-0.15, -0.1) is 0 Å². The summed E-state index contributed by atoms with van der Waals surface area (Å²) in [6.45, 7) is 4.20. The molecule has 86 valence electrons. The zero-order valence-corrected chi connectivity index (χ0v) is 9.65. The topological polar surface area (TPSA) is 46.3 Å². The lowest BCUT2D eigenvalue weighted by atomic mass is 10.1. The zero-order chi connectivity index (χ0) is 11.5. The molecule has 0 aliphatic carbocycles. The number of carbonyl (C=O) groups excluding carboxylic acids is 1. The lowest BCUT2D eigenvalue weighted by Gasteiger charge is -2.16. The fraction of sp³-hybridized carbons (Fsp3) is 0.462. The maximum absolute atomic E-state index is 11.7. The second-order valence-corrected chi connectivity index (χ2v) is 4.57. The molecule has 0 spiro atoms. The Bertz CT molecular complexity index is 389. The molecule has 1 aromatic rings. The van der Waals surface area contributed by atoms with Gasteiger partial charge in [0.05, 0.1) is 0 Å². The molecule has 3 heteroatoms. The quantitative estimate of drug-likeness (QED) is 0.831. The first-order valence-electron chi connectivity index (χ1n) is 5.72. The van der Waals surface area contributed by atoms with Gasteiger partial charge in [0.2, 0.25) is 5.91 Å². The van der Waals surface area contributed by atoms with Crippen LogP contribution in [0.4, 0.5) is 0 Å². The minimum atomic E-state index is 0.233. The molecule has 1 amide bonds. The molecule has 1 fully saturated rings. The van der Waals surface area contributed by atoms with Gasteiger partial charge in [-0.1, -0.05) is 29.8 Å². The summed E-state index contributed by atoms with van der Waals surface area (Å²) in [5.74, 6) is 0.578. The Morgan fingerprint density at radius 3 is 2.94 bits per heavy atom. The van der Waals surface area contributed by atoms with E-state index in [2.05, 4.69) is 25.1 Å². The van der Waals surface area contributed by atoms with Crippen LogP contribution >= 0.6 is 0 Å². The second-order valence-electron chi connectivity index (χ2n) is 4.57. The summed E-state index contributed by atoms with van der Waals surface area (Å²) < 4.78 is 0. The van der Waals surface area contributed by atoms with Crippen molar-refractivity contribution in [1.29, 1.82) is 0 Å². The van der Waals surface area contributed by atoms with Gasteiger partial charge >= 0.3 is 0 Å². The maximum Gasteiger partial charge on any atom is 0.223 e. The van der Waals surface area contributed by atoms with E-state index in [0.29, 0.717) is 18.9 Å². The van der Waals surface area contributed by atoms with Gasteiger partial charge in [0.15, 0.2) is 0 Å². The molecular weight excluding hydrogens is 200 g/mol. The SMILES string of the molecule is Cc1cccc(CN2C[C@H](CN)CC2=O)c1. The molecule has 1 saturated heterocycles. The molecular formula is C13H18N2O. The van der Waals surface area contributed by atoms with Gasteiger partial charge in [-0.25, -0.2) is 0 Å². The van der Waals surface area contributed by atoms with E-state index < -0.39 is 0 Å². The second kappa shape index (κ2) is 4.66. The van der Waals surface area contributed by atoms with E-state index in [1.807, 2.05) is 11.0 Å². The number of amides is 1. The van der Waals surface area contributed by atoms with E-state index in [0.717, 1.165) is 13.1 Å². The van der Waals surface area contributed by atoms with Crippen LogP contribution in [0.1, 0.15) is 17.5 Å². The first kappa shape index (κ1) is 11.1. The van der Waals surface area contributed by atoms with Gasteiger partial charge in [0.1, 0.15) is 0 Å². The van der Waals surface area contributed by atoms with Crippen LogP contribution in [-0.4, -0.2) is 23.9 Å². The third-order valence-electron chi connectivity index (χ3n) is 3.08. The van der Waals surface area contributed by atoms with Crippen LogP contribution < -0.4 is 5.73 Å². The highest BCUT2D eigenvalue weighted by molar-refractivity contribution is 5.78. The van der Waals surface area contributed by atoms with Crippen LogP contribution in [0.25, 0.3) is 0 Å². The summed E-state index contributed by atoms with van der Waals surface area (Å²) in [7, 11) is 0. The van der Waals surface area contributed by atoms with Crippen molar-refractivity contribution < 1.29 is 4.79 Å². The number of nitrogens with two attached hydrogens (primary N) is 1. The largest absolute Gasteiger partial charge is 0.338 e. The predicted molar refractivity (Wildman–Crippen MR) is 63.8 cm³/mol. The molecule has 2 rings (SSSR count). The molecule has 0 unspecified atom stereocenters. The Kier molecular flexibility index (Phi) is 3.25. The molecule has 1 aromatic carbocycles. The number of nitrogens with zero attached hydrogens (tertiary/aromatic N) is 1. The Labute approximate surface area is 96.2 Å². The van der Waals surface area contributed by atoms with Crippen LogP contribution in [-0.2, 0) is 11.3 Å². The number of aryl methyl sites for hydroxylation is 1. The third kappa shape index (κ3) is 2.42. The highest BCUT2D eigenvalue weighted by Crippen LogP contribution is 2.19. The van der Waals surface area contributed by atoms with Crippen molar-refractivity contribution in [3.05, 3.63) is 35.4 Å². The summed E-state index contributed by atoms with van der Waals surface area (Å²) >= 11 is 0. The van der Waals surface area contributed by atoms with Gasteiger partial charge in [-0.05, 0) is 24.9 Å². The Balaban J connectivity index is 2.03. The van der Waals surface area contributed by atoms with Crippen molar-refractivity contribution in [2.45, 2.75) is 19.9 Å². The van der Waals surface area contributed by atoms with Crippen LogP contribution in [0.15, 0.2) is 24.3 Å². The average molecular weight is 218 g/mol. The number of carbonyl (C=O) groups is 1. The van der Waals surface area contributed by atoms with Gasteiger partial charge in [-0.2, -0.15) is 0 Å². The monoisotopic (exact) mass is 218 g/mol. The third-order valence-corrected chi connectivity index (χ3v) is 3.08. The van der Waals surface area contributed by atoms with Crippen molar-refractivity contribution >= 4 is 5.91 Å². The predicted octanol–water partition coefficient (Wildman–Crippen LogP) is 1.30. The molecule has 1 atom stereocenters. The molecule has 2 N–H and O–H groups in total. The molecule has 0 saturated carbocycles. The van der Waals surface area contributed by atoms with Crippen molar-refractivity contribution in [3.8, 4) is 0 Å². The van der Waals surface area contributed by atoms with Crippen molar-refractivity contribution in [1.82, 2.24) is 4.90 Å². The molecule has 3 nitrogen and oxygen atoms in total. The fourth-order valence-electron chi connectivity index (χ4n) is 2.20. The fourth-order valence-corrected chi connectivity index (χ4v) is 2.20. The average Bonchev–Trinajstić information content (AvgIpc) is 2.60. The Morgan fingerprint density at radius 2 is 2.31 bits per heavy atom. The van der Waals surface area contributed by atoms with Crippen LogP contribution in [0.2, 0.25) is 0 Å². The van der Waals surface area contributed by atoms with Gasteiger partial charge in [-0.3, -0.25) is 4.79 Å². The van der Waals surface area contributed by atoms with E-state index in [-0.39, 0.29) is 5.91 Å². The number of likely N-dealkylation sites (tertiary alicyclic amines) is 1. The van der Waals surface area contributed by atoms with Gasteiger partial charge in [0.25, 0.3) is 0 Å². The highest BCUT2D eigenvalue weighted by atomic mass is 16.2. The maximum atomic E-state index is 11.7. The summed E-state index contributed by atoms with van der Waals surface area (Å²) in [4.78, 5) is 13.6. The number of benzene rings is 1. The van der Waals surface area contributed by atoms with E-state index >= 15 is 0 Å². The Morgan fingerprint density at radius 1 is 1.50 bits per heavy atom. The van der Waals surface area contributed by atoms with Crippen LogP contribution in [0.3, 0.4) is 0 Å². The van der Waals surface area contributed by atoms with Crippen molar-refractivity contribution in [2.24, 2.45) is 11.7 Å². The lowest BCUT2D eigenvalue weighted by molar-refractivity contribution is -0.128. The summed E-state index contributed by atoms with van der Waals surface area (Å²) in [6.07, 6.45) is 0.613. The van der Waals surface area contributed by atoms with Crippen LogP contribution in [0.5, 0.6) is 0 Å². The normalized spacial score (nSPS) is 20.5. The minimum absolute atomic E-state index is 0.233. The molecule has 0 bridgehead atoms. The van der Waals surface area contributed by atoms with E-state index in [1.54, 1.807) is 0 Å². The van der Waals surface area contributed by atoms with E-state index in [9.17, 15) is 4.79 Å². The molecule has 0 aromatic heterocycles. The van der Waals surface area contributed by atoms with Crippen LogP contribution in [0, 0.1) is 12.8 Å². The van der Waals surface area contributed by atoms with E-state index in [1.165, 1.54) is 11.1 Å². The molecule has 1 heterocycles. The van der Waals surface area contributed by atoms with Gasteiger partial charge in [0, 0.05) is 19.5 Å². The first-order chi connectivity index (χ1) is 7.69. The molecule has 0 radical (unpaired) electrons. The van der Waals surface area contributed by atoms with Crippen molar-refractivity contribution in [2.75, 3.05) is 13.1 Å². The number of hydrogen-bond donors (Lipinski definition) is 1. The Hall–Kier alpha value is -1.35. The molecule has 1 aliphatic rings. The van der Waals surface area contributed by atoms with Gasteiger partial charge < -0.3 is 10.6 Å². The summed E-state index contributed by atoms with van der Waals surface area (Å²) in [5, 5.41) is 0. The number of rotatable bonds is 3. The lowest BCUT2D eigenvalue weighted by Crippen LogP contribution is -2.25. The molecule has 1 aliphatic heterocycles. The highest BCUT2D eigenvalue weighted by Gasteiger charge is 2.28. The first-order valence-corrected chi connectivity index (χ1v) is 5.72. The van der Waals surface area contributed by atoms with E-state index in [4.69, 9.17) is 5.73 Å².